The molecule has 1 atom stereocenters. The molecule has 0 saturated carbocycles. The van der Waals surface area contributed by atoms with Gasteiger partial charge in [-0.05, 0) is 25.5 Å². The van der Waals surface area contributed by atoms with Gasteiger partial charge < -0.3 is 5.11 Å². The number of hydrogen-bond donors (Lipinski definition) is 1. The van der Waals surface area contributed by atoms with Crippen molar-refractivity contribution in [2.75, 3.05) is 0 Å². The van der Waals surface area contributed by atoms with Crippen LogP contribution in [0.5, 0.6) is 0 Å². The van der Waals surface area contributed by atoms with Gasteiger partial charge in [0.2, 0.25) is 0 Å². The second-order valence-electron chi connectivity index (χ2n) is 5.21. The summed E-state index contributed by atoms with van der Waals surface area (Å²) in [4.78, 5) is 4.58. The molecule has 0 aliphatic carbocycles. The predicted molar refractivity (Wildman–Crippen MR) is 78.1 cm³/mol. The average molecular weight is 263 g/mol. The van der Waals surface area contributed by atoms with Crippen LogP contribution in [-0.4, -0.2) is 15.7 Å². The van der Waals surface area contributed by atoms with Crippen molar-refractivity contribution >= 4 is 21.6 Å². The Labute approximate surface area is 113 Å². The topological polar surface area (TPSA) is 33.1 Å². The Hall–Kier alpha value is -0.930. The first kappa shape index (κ1) is 13.5. The van der Waals surface area contributed by atoms with Gasteiger partial charge in [-0.25, -0.2) is 4.98 Å². The van der Waals surface area contributed by atoms with Gasteiger partial charge in [0.05, 0.1) is 20.8 Å². The van der Waals surface area contributed by atoms with E-state index in [4.69, 9.17) is 0 Å². The van der Waals surface area contributed by atoms with E-state index in [1.807, 2.05) is 25.1 Å². The second-order valence-corrected chi connectivity index (χ2v) is 6.32. The summed E-state index contributed by atoms with van der Waals surface area (Å²) in [6.07, 6.45) is 4.99. The van der Waals surface area contributed by atoms with Crippen molar-refractivity contribution in [1.82, 2.24) is 4.98 Å². The van der Waals surface area contributed by atoms with Crippen molar-refractivity contribution < 1.29 is 5.11 Å². The van der Waals surface area contributed by atoms with Crippen LogP contribution in [0.3, 0.4) is 0 Å². The van der Waals surface area contributed by atoms with E-state index in [-0.39, 0.29) is 0 Å². The zero-order chi connectivity index (χ0) is 13.0. The van der Waals surface area contributed by atoms with Crippen LogP contribution in [0.1, 0.15) is 44.5 Å². The summed E-state index contributed by atoms with van der Waals surface area (Å²) < 4.78 is 1.21. The number of benzene rings is 1. The highest BCUT2D eigenvalue weighted by atomic mass is 32.1. The Kier molecular flexibility index (Phi) is 4.36. The molecule has 0 saturated heterocycles. The molecule has 0 aliphatic rings. The first-order valence-corrected chi connectivity index (χ1v) is 7.49. The molecule has 1 aromatic heterocycles. The lowest BCUT2D eigenvalue weighted by Gasteiger charge is -2.21. The van der Waals surface area contributed by atoms with E-state index < -0.39 is 5.60 Å². The lowest BCUT2D eigenvalue weighted by Crippen LogP contribution is -2.26. The summed E-state index contributed by atoms with van der Waals surface area (Å²) in [5, 5.41) is 11.4. The minimum Gasteiger partial charge on any atom is -0.390 e. The normalized spacial score (nSPS) is 14.8. The highest BCUT2D eigenvalue weighted by molar-refractivity contribution is 7.18. The third-order valence-electron chi connectivity index (χ3n) is 3.19. The highest BCUT2D eigenvalue weighted by Gasteiger charge is 2.22. The fourth-order valence-electron chi connectivity index (χ4n) is 2.17. The van der Waals surface area contributed by atoms with E-state index in [1.54, 1.807) is 11.3 Å². The molecule has 1 aromatic carbocycles. The van der Waals surface area contributed by atoms with Crippen LogP contribution >= 0.6 is 11.3 Å². The van der Waals surface area contributed by atoms with Gasteiger partial charge in [-0.1, -0.05) is 38.3 Å². The smallest absolute Gasteiger partial charge is 0.0967 e. The maximum Gasteiger partial charge on any atom is 0.0967 e. The Morgan fingerprint density at radius 1 is 1.28 bits per heavy atom. The average Bonchev–Trinajstić information content (AvgIpc) is 2.70. The first-order chi connectivity index (χ1) is 8.61. The molecule has 2 nitrogen and oxygen atoms in total. The molecule has 0 spiro atoms. The minimum atomic E-state index is -0.622. The molecular weight excluding hydrogens is 242 g/mol. The summed E-state index contributed by atoms with van der Waals surface area (Å²) in [6, 6.07) is 8.15. The predicted octanol–water partition coefficient (Wildman–Crippen LogP) is 4.17. The summed E-state index contributed by atoms with van der Waals surface area (Å²) in [6.45, 7) is 4.11. The Balaban J connectivity index is 2.03. The fraction of sp³-hybridized carbons (Fsp3) is 0.533. The van der Waals surface area contributed by atoms with Crippen LogP contribution in [0.2, 0.25) is 0 Å². The van der Waals surface area contributed by atoms with Gasteiger partial charge in [0.1, 0.15) is 0 Å². The number of rotatable bonds is 6. The lowest BCUT2D eigenvalue weighted by atomic mass is 9.95. The number of aliphatic hydroxyl groups is 1. The van der Waals surface area contributed by atoms with E-state index in [1.165, 1.54) is 17.5 Å². The molecule has 3 heteroatoms. The molecule has 18 heavy (non-hydrogen) atoms. The molecular formula is C15H21NOS. The molecule has 0 fully saturated rings. The first-order valence-electron chi connectivity index (χ1n) is 6.67. The van der Waals surface area contributed by atoms with Crippen LogP contribution in [0.4, 0.5) is 0 Å². The Morgan fingerprint density at radius 2 is 2.06 bits per heavy atom. The van der Waals surface area contributed by atoms with Gasteiger partial charge >= 0.3 is 0 Å². The molecule has 1 N–H and O–H groups in total. The number of para-hydroxylation sites is 1. The van der Waals surface area contributed by atoms with Crippen LogP contribution < -0.4 is 0 Å². The zero-order valence-corrected chi connectivity index (χ0v) is 12.0. The number of hydrogen-bond acceptors (Lipinski definition) is 3. The third-order valence-corrected chi connectivity index (χ3v) is 4.23. The van der Waals surface area contributed by atoms with E-state index >= 15 is 0 Å². The second kappa shape index (κ2) is 5.81. The Bertz CT molecular complexity index is 471. The van der Waals surface area contributed by atoms with Gasteiger partial charge in [0.15, 0.2) is 0 Å². The largest absolute Gasteiger partial charge is 0.390 e. The molecule has 98 valence electrons. The van der Waals surface area contributed by atoms with Gasteiger partial charge in [-0.3, -0.25) is 0 Å². The lowest BCUT2D eigenvalue weighted by molar-refractivity contribution is 0.0486. The van der Waals surface area contributed by atoms with Gasteiger partial charge in [0, 0.05) is 6.42 Å². The monoisotopic (exact) mass is 263 g/mol. The number of thiazole rings is 1. The molecule has 2 rings (SSSR count). The van der Waals surface area contributed by atoms with Crippen LogP contribution in [0.15, 0.2) is 24.3 Å². The molecule has 0 amide bonds. The standard InChI is InChI=1S/C15H21NOS/c1-3-4-7-10-15(2,17)11-14-16-12-8-5-6-9-13(12)18-14/h5-6,8-9,17H,3-4,7,10-11H2,1-2H3. The number of unbranched alkanes of at least 4 members (excludes halogenated alkanes) is 2. The highest BCUT2D eigenvalue weighted by Crippen LogP contribution is 2.26. The van der Waals surface area contributed by atoms with Crippen LogP contribution in [-0.2, 0) is 6.42 Å². The van der Waals surface area contributed by atoms with Crippen molar-refractivity contribution in [2.45, 2.75) is 51.6 Å². The van der Waals surface area contributed by atoms with E-state index in [2.05, 4.69) is 18.0 Å². The van der Waals surface area contributed by atoms with Crippen LogP contribution in [0, 0.1) is 0 Å². The molecule has 0 bridgehead atoms. The van der Waals surface area contributed by atoms with Crippen molar-refractivity contribution in [3.05, 3.63) is 29.3 Å². The van der Waals surface area contributed by atoms with E-state index in [0.29, 0.717) is 6.42 Å². The summed E-state index contributed by atoms with van der Waals surface area (Å²) in [7, 11) is 0. The molecule has 1 unspecified atom stereocenters. The molecule has 1 heterocycles. The SMILES string of the molecule is CCCCCC(C)(O)Cc1nc2ccccc2s1. The van der Waals surface area contributed by atoms with E-state index in [9.17, 15) is 5.11 Å². The van der Waals surface area contributed by atoms with Crippen molar-refractivity contribution in [3.63, 3.8) is 0 Å². The maximum absolute atomic E-state index is 10.4. The zero-order valence-electron chi connectivity index (χ0n) is 11.1. The molecule has 2 aromatic rings. The van der Waals surface area contributed by atoms with Crippen molar-refractivity contribution in [2.24, 2.45) is 0 Å². The van der Waals surface area contributed by atoms with Crippen molar-refractivity contribution in [3.8, 4) is 0 Å². The van der Waals surface area contributed by atoms with E-state index in [0.717, 1.165) is 23.4 Å². The number of aromatic nitrogens is 1. The minimum absolute atomic E-state index is 0.622. The molecule has 0 aliphatic heterocycles. The fourth-order valence-corrected chi connectivity index (χ4v) is 3.31. The van der Waals surface area contributed by atoms with Crippen molar-refractivity contribution in [1.29, 1.82) is 0 Å². The number of nitrogens with zero attached hydrogens (tertiary/aromatic N) is 1. The number of fused-ring (bicyclic) bond motifs is 1. The van der Waals surface area contributed by atoms with Crippen LogP contribution in [0.25, 0.3) is 10.2 Å². The van der Waals surface area contributed by atoms with Gasteiger partial charge in [0.25, 0.3) is 0 Å². The van der Waals surface area contributed by atoms with Gasteiger partial charge in [-0.15, -0.1) is 11.3 Å². The summed E-state index contributed by atoms with van der Waals surface area (Å²) >= 11 is 1.69. The summed E-state index contributed by atoms with van der Waals surface area (Å²) in [5.74, 6) is 0. The quantitative estimate of drug-likeness (QED) is 0.793. The third kappa shape index (κ3) is 3.53. The molecule has 0 radical (unpaired) electrons. The maximum atomic E-state index is 10.4. The van der Waals surface area contributed by atoms with Gasteiger partial charge in [-0.2, -0.15) is 0 Å². The summed E-state index contributed by atoms with van der Waals surface area (Å²) in [5.41, 5.74) is 0.421. The Morgan fingerprint density at radius 3 is 2.78 bits per heavy atom.